The van der Waals surface area contributed by atoms with E-state index >= 15 is 0 Å². The monoisotopic (exact) mass is 386 g/mol. The standard InChI is InChI=1S/C20H22N2O4S/c1-13-4-6-14(7-5-13)11-22-12-15(9-18(22)23)20(26)21-16(10-19(24)25)17-3-2-8-27-17/h2-8,15-16H,9-12H2,1H3,(H,21,26)(H,24,25)/t15-,16+/m1/s1. The Hall–Kier alpha value is -2.67. The van der Waals surface area contributed by atoms with E-state index in [1.165, 1.54) is 11.3 Å². The molecule has 0 bridgehead atoms. The van der Waals surface area contributed by atoms with E-state index < -0.39 is 17.9 Å². The number of nitrogens with one attached hydrogen (secondary N) is 1. The molecule has 27 heavy (non-hydrogen) atoms. The topological polar surface area (TPSA) is 86.7 Å². The van der Waals surface area contributed by atoms with Crippen LogP contribution in [0.3, 0.4) is 0 Å². The Kier molecular flexibility index (Phi) is 5.91. The van der Waals surface area contributed by atoms with E-state index in [2.05, 4.69) is 5.32 Å². The molecule has 0 radical (unpaired) electrons. The third kappa shape index (κ3) is 4.95. The molecule has 1 aliphatic rings. The highest BCUT2D eigenvalue weighted by Gasteiger charge is 2.35. The summed E-state index contributed by atoms with van der Waals surface area (Å²) in [7, 11) is 0. The summed E-state index contributed by atoms with van der Waals surface area (Å²) in [5, 5.41) is 13.8. The van der Waals surface area contributed by atoms with Gasteiger partial charge in [0.2, 0.25) is 11.8 Å². The molecule has 2 heterocycles. The van der Waals surface area contributed by atoms with Crippen LogP contribution in [0.1, 0.15) is 34.9 Å². The molecule has 2 aromatic rings. The van der Waals surface area contributed by atoms with Crippen molar-refractivity contribution in [2.45, 2.75) is 32.4 Å². The molecule has 1 aliphatic heterocycles. The average molecular weight is 386 g/mol. The van der Waals surface area contributed by atoms with Gasteiger partial charge in [0.1, 0.15) is 0 Å². The van der Waals surface area contributed by atoms with Crippen molar-refractivity contribution >= 4 is 29.1 Å². The quantitative estimate of drug-likeness (QED) is 0.766. The van der Waals surface area contributed by atoms with E-state index in [-0.39, 0.29) is 24.7 Å². The second-order valence-corrected chi connectivity index (χ2v) is 7.81. The summed E-state index contributed by atoms with van der Waals surface area (Å²) >= 11 is 1.41. The second kappa shape index (κ2) is 8.35. The number of carboxylic acid groups (broad SMARTS) is 1. The molecule has 1 saturated heterocycles. The van der Waals surface area contributed by atoms with E-state index in [1.54, 1.807) is 4.90 Å². The molecule has 3 rings (SSSR count). The van der Waals surface area contributed by atoms with Crippen LogP contribution in [0, 0.1) is 12.8 Å². The predicted octanol–water partition coefficient (Wildman–Crippen LogP) is 2.74. The van der Waals surface area contributed by atoms with Crippen molar-refractivity contribution in [1.29, 1.82) is 0 Å². The van der Waals surface area contributed by atoms with E-state index in [0.29, 0.717) is 13.1 Å². The maximum absolute atomic E-state index is 12.6. The lowest BCUT2D eigenvalue weighted by Gasteiger charge is -2.19. The van der Waals surface area contributed by atoms with Gasteiger partial charge in [-0.3, -0.25) is 14.4 Å². The minimum absolute atomic E-state index is 0.0540. The van der Waals surface area contributed by atoms with Crippen molar-refractivity contribution in [1.82, 2.24) is 10.2 Å². The van der Waals surface area contributed by atoms with Crippen molar-refractivity contribution in [2.24, 2.45) is 5.92 Å². The zero-order valence-electron chi connectivity index (χ0n) is 15.1. The fourth-order valence-corrected chi connectivity index (χ4v) is 3.97. The van der Waals surface area contributed by atoms with Crippen LogP contribution in [0.2, 0.25) is 0 Å². The van der Waals surface area contributed by atoms with Gasteiger partial charge in [0.05, 0.1) is 18.4 Å². The normalized spacial score (nSPS) is 17.7. The highest BCUT2D eigenvalue weighted by molar-refractivity contribution is 7.10. The zero-order valence-corrected chi connectivity index (χ0v) is 15.9. The third-order valence-corrected chi connectivity index (χ3v) is 5.65. The van der Waals surface area contributed by atoms with Gasteiger partial charge in [0.15, 0.2) is 0 Å². The summed E-state index contributed by atoms with van der Waals surface area (Å²) in [5.41, 5.74) is 2.18. The van der Waals surface area contributed by atoms with Crippen molar-refractivity contribution < 1.29 is 19.5 Å². The first-order valence-electron chi connectivity index (χ1n) is 8.81. The van der Waals surface area contributed by atoms with E-state index in [4.69, 9.17) is 5.11 Å². The zero-order chi connectivity index (χ0) is 19.4. The van der Waals surface area contributed by atoms with Gasteiger partial charge in [0.25, 0.3) is 0 Å². The molecule has 0 unspecified atom stereocenters. The predicted molar refractivity (Wildman–Crippen MR) is 102 cm³/mol. The first-order chi connectivity index (χ1) is 12.9. The first-order valence-corrected chi connectivity index (χ1v) is 9.69. The molecule has 2 N–H and O–H groups in total. The maximum atomic E-state index is 12.6. The Morgan fingerprint density at radius 1 is 1.30 bits per heavy atom. The number of carbonyl (C=O) groups is 3. The smallest absolute Gasteiger partial charge is 0.305 e. The van der Waals surface area contributed by atoms with Crippen molar-refractivity contribution in [3.63, 3.8) is 0 Å². The summed E-state index contributed by atoms with van der Waals surface area (Å²) in [4.78, 5) is 38.6. The molecule has 1 fully saturated rings. The molecule has 7 heteroatoms. The Morgan fingerprint density at radius 2 is 2.04 bits per heavy atom. The number of likely N-dealkylation sites (tertiary alicyclic amines) is 1. The Labute approximate surface area is 161 Å². The second-order valence-electron chi connectivity index (χ2n) is 6.84. The van der Waals surface area contributed by atoms with Gasteiger partial charge in [0, 0.05) is 24.4 Å². The lowest BCUT2D eigenvalue weighted by molar-refractivity contribution is -0.138. The highest BCUT2D eigenvalue weighted by atomic mass is 32.1. The lowest BCUT2D eigenvalue weighted by atomic mass is 10.1. The number of hydrogen-bond acceptors (Lipinski definition) is 4. The molecule has 6 nitrogen and oxygen atoms in total. The Morgan fingerprint density at radius 3 is 2.67 bits per heavy atom. The van der Waals surface area contributed by atoms with Crippen LogP contribution in [0.15, 0.2) is 41.8 Å². The minimum Gasteiger partial charge on any atom is -0.481 e. The van der Waals surface area contributed by atoms with E-state index in [9.17, 15) is 14.4 Å². The van der Waals surface area contributed by atoms with Crippen molar-refractivity contribution in [3.8, 4) is 0 Å². The number of hydrogen-bond donors (Lipinski definition) is 2. The van der Waals surface area contributed by atoms with Crippen molar-refractivity contribution in [3.05, 3.63) is 57.8 Å². The van der Waals surface area contributed by atoms with Gasteiger partial charge in [-0.1, -0.05) is 35.9 Å². The largest absolute Gasteiger partial charge is 0.481 e. The van der Waals surface area contributed by atoms with Gasteiger partial charge in [-0.15, -0.1) is 11.3 Å². The van der Waals surface area contributed by atoms with Crippen LogP contribution in [0.5, 0.6) is 0 Å². The highest BCUT2D eigenvalue weighted by Crippen LogP contribution is 2.25. The summed E-state index contributed by atoms with van der Waals surface area (Å²) in [6.45, 7) is 2.83. The van der Waals surface area contributed by atoms with Gasteiger partial charge >= 0.3 is 5.97 Å². The van der Waals surface area contributed by atoms with Crippen LogP contribution in [-0.4, -0.2) is 34.3 Å². The van der Waals surface area contributed by atoms with E-state index in [1.807, 2.05) is 48.7 Å². The number of carboxylic acids is 1. The maximum Gasteiger partial charge on any atom is 0.305 e. The summed E-state index contributed by atoms with van der Waals surface area (Å²) < 4.78 is 0. The van der Waals surface area contributed by atoms with Gasteiger partial charge in [-0.25, -0.2) is 0 Å². The Balaban J connectivity index is 1.62. The molecule has 1 aromatic carbocycles. The SMILES string of the molecule is Cc1ccc(CN2C[C@H](C(=O)N[C@@H](CC(=O)O)c3cccs3)CC2=O)cc1. The number of rotatable bonds is 7. The molecule has 2 atom stereocenters. The van der Waals surface area contributed by atoms with Crippen LogP contribution < -0.4 is 5.32 Å². The first kappa shape index (κ1) is 19.1. The average Bonchev–Trinajstić information content (AvgIpc) is 3.26. The third-order valence-electron chi connectivity index (χ3n) is 4.66. The van der Waals surface area contributed by atoms with Crippen LogP contribution in [0.25, 0.3) is 0 Å². The summed E-state index contributed by atoms with van der Waals surface area (Å²) in [6.07, 6.45) is -0.0259. The van der Waals surface area contributed by atoms with E-state index in [0.717, 1.165) is 16.0 Å². The van der Waals surface area contributed by atoms with Crippen LogP contribution in [0.4, 0.5) is 0 Å². The summed E-state index contributed by atoms with van der Waals surface area (Å²) in [5.74, 6) is -1.76. The minimum atomic E-state index is -0.975. The van der Waals surface area contributed by atoms with Crippen molar-refractivity contribution in [2.75, 3.05) is 6.54 Å². The molecule has 0 aliphatic carbocycles. The molecule has 0 spiro atoms. The van der Waals surface area contributed by atoms with Gasteiger partial charge in [-0.2, -0.15) is 0 Å². The summed E-state index contributed by atoms with van der Waals surface area (Å²) in [6, 6.07) is 11.0. The number of amides is 2. The molecular formula is C20H22N2O4S. The number of nitrogens with zero attached hydrogens (tertiary/aromatic N) is 1. The van der Waals surface area contributed by atoms with Crippen LogP contribution in [-0.2, 0) is 20.9 Å². The number of thiophene rings is 1. The van der Waals surface area contributed by atoms with Gasteiger partial charge < -0.3 is 15.3 Å². The molecule has 1 aromatic heterocycles. The fraction of sp³-hybridized carbons (Fsp3) is 0.350. The fourth-order valence-electron chi connectivity index (χ4n) is 3.19. The number of benzene rings is 1. The van der Waals surface area contributed by atoms with Gasteiger partial charge in [-0.05, 0) is 23.9 Å². The number of aliphatic carboxylic acids is 1. The number of carbonyl (C=O) groups excluding carboxylic acids is 2. The molecule has 0 saturated carbocycles. The number of aryl methyl sites for hydroxylation is 1. The molecule has 142 valence electrons. The molecule has 2 amide bonds. The Bertz CT molecular complexity index is 817. The molecular weight excluding hydrogens is 364 g/mol. The van der Waals surface area contributed by atoms with Crippen LogP contribution >= 0.6 is 11.3 Å². The lowest BCUT2D eigenvalue weighted by Crippen LogP contribution is -2.36.